The Labute approximate surface area is 140 Å². The highest BCUT2D eigenvalue weighted by Crippen LogP contribution is 2.18. The highest BCUT2D eigenvalue weighted by atomic mass is 16.5. The average Bonchev–Trinajstić information content (AvgIpc) is 2.58. The Kier molecular flexibility index (Phi) is 6.57. The molecule has 1 unspecified atom stereocenters. The van der Waals surface area contributed by atoms with Crippen LogP contribution in [0, 0.1) is 0 Å². The number of urea groups is 1. The van der Waals surface area contributed by atoms with Gasteiger partial charge in [-0.05, 0) is 44.9 Å². The second-order valence-corrected chi connectivity index (χ2v) is 7.52. The van der Waals surface area contributed by atoms with Crippen LogP contribution >= 0.6 is 0 Å². The number of piperidine rings is 1. The van der Waals surface area contributed by atoms with E-state index in [1.807, 2.05) is 0 Å². The van der Waals surface area contributed by atoms with Gasteiger partial charge in [0.2, 0.25) is 0 Å². The van der Waals surface area contributed by atoms with Crippen molar-refractivity contribution < 1.29 is 9.53 Å². The van der Waals surface area contributed by atoms with Gasteiger partial charge in [0, 0.05) is 38.3 Å². The van der Waals surface area contributed by atoms with Gasteiger partial charge in [-0.2, -0.15) is 0 Å². The summed E-state index contributed by atoms with van der Waals surface area (Å²) in [6, 6.07) is 0.778. The van der Waals surface area contributed by atoms with Crippen molar-refractivity contribution in [2.45, 2.75) is 82.4 Å². The summed E-state index contributed by atoms with van der Waals surface area (Å²) in [6.45, 7) is 4.16. The Morgan fingerprint density at radius 1 is 0.870 bits per heavy atom. The molecule has 1 saturated carbocycles. The van der Waals surface area contributed by atoms with Crippen LogP contribution in [0.15, 0.2) is 0 Å². The van der Waals surface area contributed by atoms with E-state index in [4.69, 9.17) is 4.74 Å². The number of carbonyl (C=O) groups is 1. The number of nitrogens with one attached hydrogen (secondary N) is 2. The minimum absolute atomic E-state index is 0.0472. The zero-order valence-electron chi connectivity index (χ0n) is 14.4. The summed E-state index contributed by atoms with van der Waals surface area (Å²) in [7, 11) is 0. The average molecular weight is 323 g/mol. The lowest BCUT2D eigenvalue weighted by atomic mass is 9.96. The Hall–Kier alpha value is -0.810. The standard InChI is InChI=1S/C18H33N3O2/c22-18(19-15-6-2-1-3-7-15)20-16-9-11-21(12-10-16)14-17-8-4-5-13-23-17/h15-17H,1-14H2,(H2,19,20,22). The van der Waals surface area contributed by atoms with E-state index in [0.29, 0.717) is 18.2 Å². The van der Waals surface area contributed by atoms with E-state index in [1.54, 1.807) is 0 Å². The molecule has 0 aromatic rings. The van der Waals surface area contributed by atoms with Crippen molar-refractivity contribution in [2.24, 2.45) is 0 Å². The molecular formula is C18H33N3O2. The van der Waals surface area contributed by atoms with Gasteiger partial charge in [-0.15, -0.1) is 0 Å². The van der Waals surface area contributed by atoms with Crippen LogP contribution in [0.4, 0.5) is 4.79 Å². The molecule has 2 heterocycles. The molecule has 2 aliphatic heterocycles. The third-order valence-electron chi connectivity index (χ3n) is 5.60. The number of ether oxygens (including phenoxy) is 1. The quantitative estimate of drug-likeness (QED) is 0.836. The van der Waals surface area contributed by atoms with E-state index in [-0.39, 0.29) is 6.03 Å². The third-order valence-corrected chi connectivity index (χ3v) is 5.60. The van der Waals surface area contributed by atoms with E-state index >= 15 is 0 Å². The van der Waals surface area contributed by atoms with Gasteiger partial charge in [0.05, 0.1) is 6.10 Å². The number of hydrogen-bond donors (Lipinski definition) is 2. The highest BCUT2D eigenvalue weighted by molar-refractivity contribution is 5.74. The number of likely N-dealkylation sites (tertiary alicyclic amines) is 1. The van der Waals surface area contributed by atoms with E-state index in [0.717, 1.165) is 51.9 Å². The minimum Gasteiger partial charge on any atom is -0.377 e. The zero-order chi connectivity index (χ0) is 15.9. The number of amides is 2. The van der Waals surface area contributed by atoms with E-state index in [1.165, 1.54) is 38.5 Å². The van der Waals surface area contributed by atoms with Gasteiger partial charge < -0.3 is 20.3 Å². The molecule has 0 radical (unpaired) electrons. The molecule has 2 saturated heterocycles. The maximum absolute atomic E-state index is 12.1. The van der Waals surface area contributed by atoms with Crippen LogP contribution in [-0.4, -0.2) is 55.4 Å². The first-order valence-electron chi connectivity index (χ1n) is 9.70. The highest BCUT2D eigenvalue weighted by Gasteiger charge is 2.24. The molecule has 5 heteroatoms. The van der Waals surface area contributed by atoms with Crippen molar-refractivity contribution in [3.63, 3.8) is 0 Å². The number of rotatable bonds is 4. The molecular weight excluding hydrogens is 290 g/mol. The number of hydrogen-bond acceptors (Lipinski definition) is 3. The predicted molar refractivity (Wildman–Crippen MR) is 91.6 cm³/mol. The largest absolute Gasteiger partial charge is 0.377 e. The molecule has 3 fully saturated rings. The Morgan fingerprint density at radius 3 is 2.17 bits per heavy atom. The maximum atomic E-state index is 12.1. The van der Waals surface area contributed by atoms with E-state index < -0.39 is 0 Å². The Balaban J connectivity index is 1.31. The van der Waals surface area contributed by atoms with Gasteiger partial charge >= 0.3 is 6.03 Å². The Morgan fingerprint density at radius 2 is 1.52 bits per heavy atom. The van der Waals surface area contributed by atoms with Crippen molar-refractivity contribution in [1.29, 1.82) is 0 Å². The molecule has 132 valence electrons. The maximum Gasteiger partial charge on any atom is 0.315 e. The van der Waals surface area contributed by atoms with Crippen LogP contribution in [0.1, 0.15) is 64.2 Å². The molecule has 5 nitrogen and oxygen atoms in total. The van der Waals surface area contributed by atoms with Crippen LogP contribution in [0.25, 0.3) is 0 Å². The molecule has 1 atom stereocenters. The van der Waals surface area contributed by atoms with Crippen molar-refractivity contribution >= 4 is 6.03 Å². The van der Waals surface area contributed by atoms with E-state index in [2.05, 4.69) is 15.5 Å². The van der Waals surface area contributed by atoms with Crippen LogP contribution < -0.4 is 10.6 Å². The summed E-state index contributed by atoms with van der Waals surface area (Å²) < 4.78 is 5.84. The summed E-state index contributed by atoms with van der Waals surface area (Å²) >= 11 is 0. The summed E-state index contributed by atoms with van der Waals surface area (Å²) in [6.07, 6.45) is 12.4. The van der Waals surface area contributed by atoms with Gasteiger partial charge in [-0.1, -0.05) is 19.3 Å². The summed E-state index contributed by atoms with van der Waals surface area (Å²) in [5.74, 6) is 0. The fourth-order valence-electron chi connectivity index (χ4n) is 4.16. The van der Waals surface area contributed by atoms with Crippen molar-refractivity contribution in [2.75, 3.05) is 26.2 Å². The monoisotopic (exact) mass is 323 g/mol. The minimum atomic E-state index is 0.0472. The fraction of sp³-hybridized carbons (Fsp3) is 0.944. The molecule has 0 spiro atoms. The van der Waals surface area contributed by atoms with Crippen molar-refractivity contribution in [3.8, 4) is 0 Å². The fourth-order valence-corrected chi connectivity index (χ4v) is 4.16. The van der Waals surface area contributed by atoms with Gasteiger partial charge in [-0.3, -0.25) is 0 Å². The topological polar surface area (TPSA) is 53.6 Å². The zero-order valence-corrected chi connectivity index (χ0v) is 14.4. The molecule has 1 aliphatic carbocycles. The molecule has 0 bridgehead atoms. The van der Waals surface area contributed by atoms with Crippen LogP contribution in [0.2, 0.25) is 0 Å². The number of nitrogens with zero attached hydrogens (tertiary/aromatic N) is 1. The normalized spacial score (nSPS) is 28.4. The van der Waals surface area contributed by atoms with Crippen LogP contribution in [0.5, 0.6) is 0 Å². The molecule has 3 aliphatic rings. The lowest BCUT2D eigenvalue weighted by molar-refractivity contribution is -0.00983. The molecule has 0 aromatic carbocycles. The summed E-state index contributed by atoms with van der Waals surface area (Å²) in [4.78, 5) is 14.6. The molecule has 0 aromatic heterocycles. The van der Waals surface area contributed by atoms with Crippen molar-refractivity contribution in [3.05, 3.63) is 0 Å². The van der Waals surface area contributed by atoms with Gasteiger partial charge in [0.25, 0.3) is 0 Å². The van der Waals surface area contributed by atoms with Gasteiger partial charge in [0.15, 0.2) is 0 Å². The summed E-state index contributed by atoms with van der Waals surface area (Å²) in [5.41, 5.74) is 0. The van der Waals surface area contributed by atoms with Crippen LogP contribution in [-0.2, 0) is 4.74 Å². The second kappa shape index (κ2) is 8.88. The predicted octanol–water partition coefficient (Wildman–Crippen LogP) is 2.65. The third kappa shape index (κ3) is 5.64. The lowest BCUT2D eigenvalue weighted by Gasteiger charge is -2.35. The summed E-state index contributed by atoms with van der Waals surface area (Å²) in [5, 5.41) is 6.34. The molecule has 2 N–H and O–H groups in total. The van der Waals surface area contributed by atoms with Gasteiger partial charge in [-0.25, -0.2) is 4.79 Å². The Bertz CT molecular complexity index is 357. The smallest absolute Gasteiger partial charge is 0.315 e. The first kappa shape index (κ1) is 17.0. The van der Waals surface area contributed by atoms with Crippen LogP contribution in [0.3, 0.4) is 0 Å². The molecule has 23 heavy (non-hydrogen) atoms. The molecule has 3 rings (SSSR count). The van der Waals surface area contributed by atoms with Crippen molar-refractivity contribution in [1.82, 2.24) is 15.5 Å². The van der Waals surface area contributed by atoms with Gasteiger partial charge in [0.1, 0.15) is 0 Å². The first-order chi connectivity index (χ1) is 11.3. The second-order valence-electron chi connectivity index (χ2n) is 7.52. The SMILES string of the molecule is O=C(NC1CCCCC1)NC1CCN(CC2CCCCO2)CC1. The molecule has 2 amide bonds. The first-order valence-corrected chi connectivity index (χ1v) is 9.70. The number of carbonyl (C=O) groups excluding carboxylic acids is 1. The van der Waals surface area contributed by atoms with E-state index in [9.17, 15) is 4.79 Å². The lowest BCUT2D eigenvalue weighted by Crippen LogP contribution is -2.51.